The summed E-state index contributed by atoms with van der Waals surface area (Å²) in [4.78, 5) is 31.1. The first-order valence-corrected chi connectivity index (χ1v) is 9.78. The Morgan fingerprint density at radius 1 is 1.21 bits per heavy atom. The fourth-order valence-electron chi connectivity index (χ4n) is 2.90. The van der Waals surface area contributed by atoms with Crippen molar-refractivity contribution in [3.63, 3.8) is 0 Å². The van der Waals surface area contributed by atoms with Crippen LogP contribution in [0.5, 0.6) is 5.75 Å². The Morgan fingerprint density at radius 3 is 2.86 bits per heavy atom. The molecule has 0 unspecified atom stereocenters. The maximum absolute atomic E-state index is 12.3. The number of para-hydroxylation sites is 2. The molecule has 1 amide bonds. The van der Waals surface area contributed by atoms with Crippen LogP contribution >= 0.6 is 11.8 Å². The molecule has 8 nitrogen and oxygen atoms in total. The summed E-state index contributed by atoms with van der Waals surface area (Å²) in [5, 5.41) is 3.91. The highest BCUT2D eigenvalue weighted by Gasteiger charge is 2.27. The zero-order chi connectivity index (χ0) is 20.2. The molecule has 0 radical (unpaired) electrons. The summed E-state index contributed by atoms with van der Waals surface area (Å²) >= 11 is 1.45. The average Bonchev–Trinajstić information content (AvgIpc) is 3.23. The topological polar surface area (TPSA) is 94.8 Å². The van der Waals surface area contributed by atoms with Gasteiger partial charge in [0.25, 0.3) is 5.89 Å². The summed E-state index contributed by atoms with van der Waals surface area (Å²) in [6, 6.07) is 14.7. The number of carbonyl (C=O) groups is 2. The molecule has 0 fully saturated rings. The molecule has 2 aromatic carbocycles. The minimum atomic E-state index is -0.558. The summed E-state index contributed by atoms with van der Waals surface area (Å²) in [5.41, 5.74) is 1.38. The number of amides is 1. The van der Waals surface area contributed by atoms with Gasteiger partial charge in [-0.15, -0.1) is 11.8 Å². The Hall–Kier alpha value is -3.33. The van der Waals surface area contributed by atoms with E-state index >= 15 is 0 Å². The molecule has 4 rings (SSSR count). The summed E-state index contributed by atoms with van der Waals surface area (Å²) in [5.74, 6) is 0.692. The van der Waals surface area contributed by atoms with E-state index in [-0.39, 0.29) is 30.7 Å². The zero-order valence-corrected chi connectivity index (χ0v) is 16.3. The van der Waals surface area contributed by atoms with Gasteiger partial charge in [-0.25, -0.2) is 0 Å². The second kappa shape index (κ2) is 8.36. The van der Waals surface area contributed by atoms with Crippen molar-refractivity contribution in [2.24, 2.45) is 0 Å². The summed E-state index contributed by atoms with van der Waals surface area (Å²) in [7, 11) is 1.56. The molecule has 0 aliphatic carbocycles. The fraction of sp³-hybridized carbons (Fsp3) is 0.200. The van der Waals surface area contributed by atoms with Crippen molar-refractivity contribution < 1.29 is 23.6 Å². The number of methoxy groups -OCH3 is 1. The van der Waals surface area contributed by atoms with Gasteiger partial charge in [0.1, 0.15) is 12.3 Å². The first-order valence-electron chi connectivity index (χ1n) is 8.79. The number of rotatable bonds is 6. The third kappa shape index (κ3) is 4.09. The molecule has 0 saturated carbocycles. The van der Waals surface area contributed by atoms with Crippen LogP contribution in [0.2, 0.25) is 0 Å². The molecule has 29 heavy (non-hydrogen) atoms. The molecule has 1 aliphatic heterocycles. The van der Waals surface area contributed by atoms with Crippen LogP contribution in [0.4, 0.5) is 5.69 Å². The van der Waals surface area contributed by atoms with Gasteiger partial charge in [0.05, 0.1) is 24.1 Å². The lowest BCUT2D eigenvalue weighted by Gasteiger charge is -2.27. The van der Waals surface area contributed by atoms with E-state index in [0.717, 1.165) is 4.90 Å². The average molecular weight is 411 g/mol. The van der Waals surface area contributed by atoms with Gasteiger partial charge in [-0.05, 0) is 24.3 Å². The van der Waals surface area contributed by atoms with Gasteiger partial charge in [0, 0.05) is 4.90 Å². The largest absolute Gasteiger partial charge is 0.496 e. The number of benzene rings is 2. The molecule has 0 spiro atoms. The molecule has 148 valence electrons. The lowest BCUT2D eigenvalue weighted by atomic mass is 10.2. The number of hydrogen-bond acceptors (Lipinski definition) is 8. The second-order valence-corrected chi connectivity index (χ2v) is 7.13. The number of esters is 1. The van der Waals surface area contributed by atoms with E-state index in [1.54, 1.807) is 19.2 Å². The van der Waals surface area contributed by atoms with E-state index in [0.29, 0.717) is 22.8 Å². The highest BCUT2D eigenvalue weighted by Crippen LogP contribution is 2.34. The van der Waals surface area contributed by atoms with Gasteiger partial charge in [-0.3, -0.25) is 14.5 Å². The van der Waals surface area contributed by atoms with Crippen LogP contribution in [-0.2, 0) is 20.9 Å². The van der Waals surface area contributed by atoms with E-state index in [9.17, 15) is 9.59 Å². The standard InChI is InChI=1S/C20H17N3O5S/c1-26-15-8-4-2-6-13(15)20-21-17(28-22-20)11-27-19(25)10-23-14-7-3-5-9-16(14)29-12-18(23)24/h2-9H,10-12H2,1H3. The smallest absolute Gasteiger partial charge is 0.326 e. The van der Waals surface area contributed by atoms with Crippen molar-refractivity contribution in [2.45, 2.75) is 11.5 Å². The second-order valence-electron chi connectivity index (χ2n) is 6.11. The molecule has 9 heteroatoms. The molecule has 0 atom stereocenters. The number of anilines is 1. The molecule has 0 N–H and O–H groups in total. The van der Waals surface area contributed by atoms with E-state index in [4.69, 9.17) is 14.0 Å². The van der Waals surface area contributed by atoms with E-state index in [1.807, 2.05) is 36.4 Å². The number of hydrogen-bond donors (Lipinski definition) is 0. The van der Waals surface area contributed by atoms with Gasteiger partial charge in [-0.2, -0.15) is 4.98 Å². The van der Waals surface area contributed by atoms with Crippen molar-refractivity contribution in [2.75, 3.05) is 24.3 Å². The molecule has 2 heterocycles. The SMILES string of the molecule is COc1ccccc1-c1noc(COC(=O)CN2C(=O)CSc3ccccc32)n1. The Labute approximate surface area is 170 Å². The van der Waals surface area contributed by atoms with Crippen LogP contribution < -0.4 is 9.64 Å². The highest BCUT2D eigenvalue weighted by atomic mass is 32.2. The normalized spacial score (nSPS) is 13.1. The monoisotopic (exact) mass is 411 g/mol. The lowest BCUT2D eigenvalue weighted by molar-refractivity contribution is -0.144. The fourth-order valence-corrected chi connectivity index (χ4v) is 3.83. The molecular formula is C20H17N3O5S. The Bertz CT molecular complexity index is 1050. The number of nitrogens with zero attached hydrogens (tertiary/aromatic N) is 3. The Balaban J connectivity index is 1.40. The molecule has 3 aromatic rings. The van der Waals surface area contributed by atoms with Crippen molar-refractivity contribution in [1.29, 1.82) is 0 Å². The predicted molar refractivity (Wildman–Crippen MR) is 106 cm³/mol. The van der Waals surface area contributed by atoms with Crippen molar-refractivity contribution in [1.82, 2.24) is 10.1 Å². The van der Waals surface area contributed by atoms with Crippen LogP contribution in [-0.4, -0.2) is 41.4 Å². The molecular weight excluding hydrogens is 394 g/mol. The van der Waals surface area contributed by atoms with Crippen LogP contribution in [0.15, 0.2) is 57.9 Å². The van der Waals surface area contributed by atoms with Crippen molar-refractivity contribution >= 4 is 29.3 Å². The van der Waals surface area contributed by atoms with Crippen molar-refractivity contribution in [3.8, 4) is 17.1 Å². The van der Waals surface area contributed by atoms with Crippen LogP contribution in [0.1, 0.15) is 5.89 Å². The zero-order valence-electron chi connectivity index (χ0n) is 15.5. The third-order valence-corrected chi connectivity index (χ3v) is 5.32. The molecule has 1 aliphatic rings. The Morgan fingerprint density at radius 2 is 2.00 bits per heavy atom. The van der Waals surface area contributed by atoms with Gasteiger partial charge in [0.2, 0.25) is 11.7 Å². The van der Waals surface area contributed by atoms with E-state index < -0.39 is 5.97 Å². The molecule has 1 aromatic heterocycles. The van der Waals surface area contributed by atoms with Gasteiger partial charge in [0.15, 0.2) is 6.61 Å². The van der Waals surface area contributed by atoms with Crippen LogP contribution in [0.3, 0.4) is 0 Å². The van der Waals surface area contributed by atoms with Crippen LogP contribution in [0.25, 0.3) is 11.4 Å². The lowest BCUT2D eigenvalue weighted by Crippen LogP contribution is -2.39. The molecule has 0 bridgehead atoms. The Kier molecular flexibility index (Phi) is 5.48. The number of carbonyl (C=O) groups excluding carboxylic acids is 2. The quantitative estimate of drug-likeness (QED) is 0.572. The summed E-state index contributed by atoms with van der Waals surface area (Å²) in [6.07, 6.45) is 0. The van der Waals surface area contributed by atoms with Gasteiger partial charge < -0.3 is 14.0 Å². The third-order valence-electron chi connectivity index (χ3n) is 4.27. The van der Waals surface area contributed by atoms with Crippen LogP contribution in [0, 0.1) is 0 Å². The predicted octanol–water partition coefficient (Wildman–Crippen LogP) is 2.93. The summed E-state index contributed by atoms with van der Waals surface area (Å²) < 4.78 is 15.7. The van der Waals surface area contributed by atoms with E-state index in [1.165, 1.54) is 16.7 Å². The minimum absolute atomic E-state index is 0.137. The number of fused-ring (bicyclic) bond motifs is 1. The first-order chi connectivity index (χ1) is 14.2. The maximum Gasteiger partial charge on any atom is 0.326 e. The number of ether oxygens (including phenoxy) is 2. The number of thioether (sulfide) groups is 1. The van der Waals surface area contributed by atoms with Crippen molar-refractivity contribution in [3.05, 3.63) is 54.4 Å². The van der Waals surface area contributed by atoms with Gasteiger partial charge in [-0.1, -0.05) is 29.4 Å². The molecule has 0 saturated heterocycles. The maximum atomic E-state index is 12.3. The minimum Gasteiger partial charge on any atom is -0.496 e. The first kappa shape index (κ1) is 19.0. The number of aromatic nitrogens is 2. The van der Waals surface area contributed by atoms with E-state index in [2.05, 4.69) is 10.1 Å². The van der Waals surface area contributed by atoms with Gasteiger partial charge >= 0.3 is 5.97 Å². The summed E-state index contributed by atoms with van der Waals surface area (Å²) in [6.45, 7) is -0.358. The highest BCUT2D eigenvalue weighted by molar-refractivity contribution is 8.00.